The van der Waals surface area contributed by atoms with E-state index in [9.17, 15) is 9.90 Å². The smallest absolute Gasteiger partial charge is 0.410 e. The van der Waals surface area contributed by atoms with Crippen molar-refractivity contribution in [1.29, 1.82) is 0 Å². The lowest BCUT2D eigenvalue weighted by molar-refractivity contribution is -0.00154. The Labute approximate surface area is 143 Å². The molecule has 1 aliphatic rings. The van der Waals surface area contributed by atoms with Crippen LogP contribution in [0.15, 0.2) is 18.2 Å². The summed E-state index contributed by atoms with van der Waals surface area (Å²) in [7, 11) is 3.18. The molecule has 6 nitrogen and oxygen atoms in total. The third-order valence-electron chi connectivity index (χ3n) is 4.07. The molecule has 1 saturated heterocycles. The second-order valence-corrected chi connectivity index (χ2v) is 7.00. The number of carbonyl (C=O) groups excluding carboxylic acids is 1. The zero-order valence-electron chi connectivity index (χ0n) is 15.0. The van der Waals surface area contributed by atoms with Crippen LogP contribution in [0.5, 0.6) is 11.5 Å². The predicted octanol–water partition coefficient (Wildman–Crippen LogP) is 2.79. The molecule has 0 saturated carbocycles. The number of rotatable bonds is 3. The highest BCUT2D eigenvalue weighted by Crippen LogP contribution is 2.35. The molecule has 1 heterocycles. The highest BCUT2D eigenvalue weighted by Gasteiger charge is 2.33. The van der Waals surface area contributed by atoms with E-state index in [0.717, 1.165) is 5.56 Å². The second kappa shape index (κ2) is 7.30. The van der Waals surface area contributed by atoms with Gasteiger partial charge in [0, 0.05) is 12.5 Å². The lowest BCUT2D eigenvalue weighted by Crippen LogP contribution is -2.47. The maximum Gasteiger partial charge on any atom is 0.410 e. The Balaban J connectivity index is 2.07. The standard InChI is InChI=1S/C18H27NO5/c1-18(2,3)24-17(21)19-9-8-13(14(20)11-19)12-6-7-15(22-4)16(10-12)23-5/h6-7,10,13-14,20H,8-9,11H2,1-5H3/t13-,14+/m0/s1. The summed E-state index contributed by atoms with van der Waals surface area (Å²) in [5, 5.41) is 10.5. The number of β-amino-alcohol motifs (C(OH)–C–C–N with tert-alkyl or cyclic N) is 1. The number of carbonyl (C=O) groups is 1. The molecule has 0 radical (unpaired) electrons. The Morgan fingerprint density at radius 2 is 1.88 bits per heavy atom. The van der Waals surface area contributed by atoms with Gasteiger partial charge in [-0.25, -0.2) is 4.79 Å². The first kappa shape index (κ1) is 18.4. The van der Waals surface area contributed by atoms with Crippen LogP contribution in [0.2, 0.25) is 0 Å². The van der Waals surface area contributed by atoms with Gasteiger partial charge >= 0.3 is 6.09 Å². The van der Waals surface area contributed by atoms with Gasteiger partial charge in [-0.3, -0.25) is 0 Å². The molecule has 1 fully saturated rings. The van der Waals surface area contributed by atoms with Gasteiger partial charge in [0.05, 0.1) is 26.9 Å². The van der Waals surface area contributed by atoms with Gasteiger partial charge in [-0.2, -0.15) is 0 Å². The largest absolute Gasteiger partial charge is 0.493 e. The van der Waals surface area contributed by atoms with Crippen molar-refractivity contribution in [2.45, 2.75) is 44.8 Å². The molecule has 2 rings (SSSR count). The quantitative estimate of drug-likeness (QED) is 0.918. The molecule has 1 aromatic rings. The summed E-state index contributed by atoms with van der Waals surface area (Å²) < 4.78 is 15.9. The Hall–Kier alpha value is -1.95. The van der Waals surface area contributed by atoms with Crippen LogP contribution in [-0.4, -0.2) is 55.1 Å². The summed E-state index contributed by atoms with van der Waals surface area (Å²) in [6.45, 7) is 6.30. The molecule has 1 aromatic carbocycles. The van der Waals surface area contributed by atoms with E-state index in [0.29, 0.717) is 24.5 Å². The van der Waals surface area contributed by atoms with Crippen molar-refractivity contribution in [1.82, 2.24) is 4.90 Å². The fourth-order valence-corrected chi connectivity index (χ4v) is 2.90. The number of hydrogen-bond donors (Lipinski definition) is 1. The average molecular weight is 337 g/mol. The van der Waals surface area contributed by atoms with Crippen molar-refractivity contribution < 1.29 is 24.1 Å². The number of aliphatic hydroxyl groups excluding tert-OH is 1. The average Bonchev–Trinajstić information content (AvgIpc) is 2.52. The maximum absolute atomic E-state index is 12.1. The van der Waals surface area contributed by atoms with Crippen molar-refractivity contribution in [3.05, 3.63) is 23.8 Å². The van der Waals surface area contributed by atoms with Crippen molar-refractivity contribution in [2.24, 2.45) is 0 Å². The second-order valence-electron chi connectivity index (χ2n) is 7.00. The molecule has 1 amide bonds. The summed E-state index contributed by atoms with van der Waals surface area (Å²) in [6.07, 6.45) is -0.368. The van der Waals surface area contributed by atoms with Gasteiger partial charge in [-0.15, -0.1) is 0 Å². The Bertz CT molecular complexity index is 581. The number of hydrogen-bond acceptors (Lipinski definition) is 5. The van der Waals surface area contributed by atoms with E-state index < -0.39 is 11.7 Å². The molecule has 134 valence electrons. The van der Waals surface area contributed by atoms with Gasteiger partial charge in [0.1, 0.15) is 5.60 Å². The van der Waals surface area contributed by atoms with Gasteiger partial charge in [-0.1, -0.05) is 6.07 Å². The van der Waals surface area contributed by atoms with E-state index in [4.69, 9.17) is 14.2 Å². The molecule has 0 aromatic heterocycles. The van der Waals surface area contributed by atoms with E-state index >= 15 is 0 Å². The monoisotopic (exact) mass is 337 g/mol. The summed E-state index contributed by atoms with van der Waals surface area (Å²) in [5.74, 6) is 1.24. The van der Waals surface area contributed by atoms with E-state index in [1.165, 1.54) is 0 Å². The number of ether oxygens (including phenoxy) is 3. The van der Waals surface area contributed by atoms with Gasteiger partial charge in [-0.05, 0) is 44.9 Å². The summed E-state index contributed by atoms with van der Waals surface area (Å²) in [6, 6.07) is 5.65. The first-order valence-electron chi connectivity index (χ1n) is 8.13. The summed E-state index contributed by atoms with van der Waals surface area (Å²) in [4.78, 5) is 13.7. The zero-order valence-corrected chi connectivity index (χ0v) is 15.0. The van der Waals surface area contributed by atoms with Gasteiger partial charge in [0.25, 0.3) is 0 Å². The number of piperidine rings is 1. The van der Waals surface area contributed by atoms with Crippen molar-refractivity contribution in [3.63, 3.8) is 0 Å². The maximum atomic E-state index is 12.1. The molecule has 24 heavy (non-hydrogen) atoms. The molecule has 0 aliphatic carbocycles. The zero-order chi connectivity index (χ0) is 17.9. The molecular formula is C18H27NO5. The SMILES string of the molecule is COc1ccc([C@@H]2CCN(C(=O)OC(C)(C)C)C[C@H]2O)cc1OC. The first-order chi connectivity index (χ1) is 11.2. The van der Waals surface area contributed by atoms with Gasteiger partial charge in [0.15, 0.2) is 11.5 Å². The van der Waals surface area contributed by atoms with Crippen LogP contribution in [0.4, 0.5) is 4.79 Å². The Kier molecular flexibility index (Phi) is 5.59. The molecule has 0 unspecified atom stereocenters. The van der Waals surface area contributed by atoms with Gasteiger partial charge in [0.2, 0.25) is 0 Å². The first-order valence-corrected chi connectivity index (χ1v) is 8.13. The number of amides is 1. The van der Waals surface area contributed by atoms with E-state index in [1.54, 1.807) is 19.1 Å². The highest BCUT2D eigenvalue weighted by molar-refractivity contribution is 5.68. The van der Waals surface area contributed by atoms with Crippen LogP contribution in [0, 0.1) is 0 Å². The number of aliphatic hydroxyl groups is 1. The third-order valence-corrected chi connectivity index (χ3v) is 4.07. The lowest BCUT2D eigenvalue weighted by atomic mass is 9.87. The Morgan fingerprint density at radius 1 is 1.21 bits per heavy atom. The molecule has 1 N–H and O–H groups in total. The number of nitrogens with zero attached hydrogens (tertiary/aromatic N) is 1. The lowest BCUT2D eigenvalue weighted by Gasteiger charge is -2.37. The van der Waals surface area contributed by atoms with Crippen molar-refractivity contribution in [3.8, 4) is 11.5 Å². The highest BCUT2D eigenvalue weighted by atomic mass is 16.6. The van der Waals surface area contributed by atoms with Crippen molar-refractivity contribution >= 4 is 6.09 Å². The number of methoxy groups -OCH3 is 2. The van der Waals surface area contributed by atoms with Crippen molar-refractivity contribution in [2.75, 3.05) is 27.3 Å². The third kappa shape index (κ3) is 4.32. The molecular weight excluding hydrogens is 310 g/mol. The van der Waals surface area contributed by atoms with Crippen LogP contribution >= 0.6 is 0 Å². The number of benzene rings is 1. The van der Waals surface area contributed by atoms with Crippen LogP contribution in [0.1, 0.15) is 38.7 Å². The van der Waals surface area contributed by atoms with Crippen LogP contribution < -0.4 is 9.47 Å². The summed E-state index contributed by atoms with van der Waals surface area (Å²) in [5.41, 5.74) is 0.436. The van der Waals surface area contributed by atoms with Crippen LogP contribution in [0.3, 0.4) is 0 Å². The summed E-state index contributed by atoms with van der Waals surface area (Å²) >= 11 is 0. The fourth-order valence-electron chi connectivity index (χ4n) is 2.90. The minimum atomic E-state index is -0.649. The van der Waals surface area contributed by atoms with Crippen LogP contribution in [0.25, 0.3) is 0 Å². The normalized spacial score (nSPS) is 21.3. The van der Waals surface area contributed by atoms with E-state index in [1.807, 2.05) is 39.0 Å². The molecule has 0 bridgehead atoms. The molecule has 0 spiro atoms. The topological polar surface area (TPSA) is 68.2 Å². The van der Waals surface area contributed by atoms with E-state index in [-0.39, 0.29) is 18.6 Å². The van der Waals surface area contributed by atoms with Gasteiger partial charge < -0.3 is 24.2 Å². The predicted molar refractivity (Wildman–Crippen MR) is 90.7 cm³/mol. The van der Waals surface area contributed by atoms with E-state index in [2.05, 4.69) is 0 Å². The minimum absolute atomic E-state index is 0.0523. The molecule has 1 aliphatic heterocycles. The number of likely N-dealkylation sites (tertiary alicyclic amines) is 1. The molecule has 6 heteroatoms. The van der Waals surface area contributed by atoms with Crippen LogP contribution in [-0.2, 0) is 4.74 Å². The molecule has 2 atom stereocenters. The fraction of sp³-hybridized carbons (Fsp3) is 0.611. The minimum Gasteiger partial charge on any atom is -0.493 e. The Morgan fingerprint density at radius 3 is 2.42 bits per heavy atom.